The molecule has 1 N–H and O–H groups in total. The summed E-state index contributed by atoms with van der Waals surface area (Å²) in [6.45, 7) is 3.55. The Morgan fingerprint density at radius 1 is 0.947 bits per heavy atom. The number of aliphatic hydroxyl groups is 1. The first kappa shape index (κ1) is 16.6. The van der Waals surface area contributed by atoms with Gasteiger partial charge in [0.25, 0.3) is 5.60 Å². The predicted molar refractivity (Wildman–Crippen MR) is 57.3 cm³/mol. The highest BCUT2D eigenvalue weighted by Gasteiger charge is 2.70. The molecule has 19 heavy (non-hydrogen) atoms. The summed E-state index contributed by atoms with van der Waals surface area (Å²) >= 11 is 0. The summed E-state index contributed by atoms with van der Waals surface area (Å²) in [4.78, 5) is 0. The lowest BCUT2D eigenvalue weighted by molar-refractivity contribution is -0.373. The van der Waals surface area contributed by atoms with Crippen LogP contribution in [0.5, 0.6) is 0 Å². The van der Waals surface area contributed by atoms with E-state index < -0.39 is 30.3 Å². The molecule has 0 aromatic heterocycles. The molecular weight excluding hydrogens is 274 g/mol. The zero-order valence-corrected chi connectivity index (χ0v) is 10.8. The van der Waals surface area contributed by atoms with Gasteiger partial charge in [0.15, 0.2) is 0 Å². The summed E-state index contributed by atoms with van der Waals surface area (Å²) in [5, 5.41) is 9.19. The average molecular weight is 292 g/mol. The van der Waals surface area contributed by atoms with Crippen molar-refractivity contribution in [1.29, 1.82) is 0 Å². The predicted octanol–water partition coefficient (Wildman–Crippen LogP) is 4.30. The Morgan fingerprint density at radius 3 is 1.74 bits per heavy atom. The van der Waals surface area contributed by atoms with Gasteiger partial charge >= 0.3 is 12.4 Å². The van der Waals surface area contributed by atoms with Crippen LogP contribution in [0.1, 0.15) is 39.5 Å². The van der Waals surface area contributed by atoms with Gasteiger partial charge in [0.1, 0.15) is 0 Å². The molecule has 0 aromatic rings. The average Bonchev–Trinajstić information content (AvgIpc) is 2.55. The normalized spacial score (nSPS) is 29.8. The van der Waals surface area contributed by atoms with Crippen molar-refractivity contribution in [2.45, 2.75) is 57.5 Å². The maximum absolute atomic E-state index is 12.6. The molecule has 1 fully saturated rings. The summed E-state index contributed by atoms with van der Waals surface area (Å²) < 4.78 is 75.7. The zero-order chi connectivity index (χ0) is 15.1. The highest BCUT2D eigenvalue weighted by atomic mass is 19.4. The summed E-state index contributed by atoms with van der Waals surface area (Å²) in [6.07, 6.45) is -11.2. The molecule has 0 aromatic carbocycles. The van der Waals surface area contributed by atoms with Gasteiger partial charge in [0.05, 0.1) is 0 Å². The first-order valence-corrected chi connectivity index (χ1v) is 6.28. The second kappa shape index (κ2) is 5.14. The van der Waals surface area contributed by atoms with E-state index in [2.05, 4.69) is 0 Å². The Morgan fingerprint density at radius 2 is 1.37 bits per heavy atom. The van der Waals surface area contributed by atoms with E-state index in [9.17, 15) is 31.4 Å². The molecule has 3 unspecified atom stereocenters. The van der Waals surface area contributed by atoms with Crippen LogP contribution in [-0.2, 0) is 0 Å². The van der Waals surface area contributed by atoms with Gasteiger partial charge in [0.2, 0.25) is 0 Å². The van der Waals surface area contributed by atoms with Gasteiger partial charge in [0, 0.05) is 0 Å². The van der Waals surface area contributed by atoms with E-state index in [1.54, 1.807) is 6.92 Å². The fourth-order valence-corrected chi connectivity index (χ4v) is 3.04. The first-order valence-electron chi connectivity index (χ1n) is 6.28. The Balaban J connectivity index is 2.97. The van der Waals surface area contributed by atoms with Crippen molar-refractivity contribution < 1.29 is 31.4 Å². The molecule has 0 saturated heterocycles. The van der Waals surface area contributed by atoms with E-state index in [1.807, 2.05) is 6.92 Å². The van der Waals surface area contributed by atoms with Crippen LogP contribution in [0.2, 0.25) is 0 Å². The van der Waals surface area contributed by atoms with Gasteiger partial charge in [-0.2, -0.15) is 26.3 Å². The van der Waals surface area contributed by atoms with Crippen LogP contribution in [0.15, 0.2) is 0 Å². The highest BCUT2D eigenvalue weighted by molar-refractivity contribution is 4.98. The Labute approximate surface area is 108 Å². The van der Waals surface area contributed by atoms with Gasteiger partial charge in [-0.25, -0.2) is 0 Å². The molecule has 1 nitrogen and oxygen atoms in total. The molecule has 1 aliphatic carbocycles. The smallest absolute Gasteiger partial charge is 0.374 e. The minimum Gasteiger partial charge on any atom is -0.374 e. The molecule has 0 aliphatic heterocycles. The van der Waals surface area contributed by atoms with Crippen LogP contribution in [0.25, 0.3) is 0 Å². The number of rotatable bonds is 3. The van der Waals surface area contributed by atoms with Crippen molar-refractivity contribution in [1.82, 2.24) is 0 Å². The van der Waals surface area contributed by atoms with E-state index in [0.717, 1.165) is 0 Å². The van der Waals surface area contributed by atoms with Crippen molar-refractivity contribution in [3.63, 3.8) is 0 Å². The summed E-state index contributed by atoms with van der Waals surface area (Å²) in [5.41, 5.74) is -4.60. The Bertz CT molecular complexity index is 294. The molecule has 0 amide bonds. The number of halogens is 6. The third-order valence-corrected chi connectivity index (χ3v) is 4.10. The quantitative estimate of drug-likeness (QED) is 0.769. The van der Waals surface area contributed by atoms with Gasteiger partial charge in [-0.3, -0.25) is 0 Å². The van der Waals surface area contributed by atoms with Gasteiger partial charge in [-0.05, 0) is 37.0 Å². The molecule has 0 bridgehead atoms. The molecule has 114 valence electrons. The molecule has 0 spiro atoms. The second-order valence-electron chi connectivity index (χ2n) is 5.56. The summed E-state index contributed by atoms with van der Waals surface area (Å²) in [7, 11) is 0. The van der Waals surface area contributed by atoms with Crippen molar-refractivity contribution >= 4 is 0 Å². The molecule has 1 aliphatic rings. The standard InChI is InChI=1S/C12H18F6O/c1-3-8-4-7(2)5-9(8)6-10(19,11(13,14)15)12(16,17)18/h7-9,19H,3-6H2,1-2H3. The Kier molecular flexibility index (Phi) is 4.49. The third-order valence-electron chi connectivity index (χ3n) is 4.10. The summed E-state index contributed by atoms with van der Waals surface area (Å²) in [5.74, 6) is -0.833. The van der Waals surface area contributed by atoms with Gasteiger partial charge in [-0.1, -0.05) is 20.3 Å². The van der Waals surface area contributed by atoms with E-state index in [-0.39, 0.29) is 11.8 Å². The molecule has 3 atom stereocenters. The largest absolute Gasteiger partial charge is 0.426 e. The fourth-order valence-electron chi connectivity index (χ4n) is 3.04. The van der Waals surface area contributed by atoms with Crippen LogP contribution >= 0.6 is 0 Å². The monoisotopic (exact) mass is 292 g/mol. The summed E-state index contributed by atoms with van der Waals surface area (Å²) in [6, 6.07) is 0. The van der Waals surface area contributed by atoms with Crippen LogP contribution in [0.4, 0.5) is 26.3 Å². The lowest BCUT2D eigenvalue weighted by Crippen LogP contribution is -2.57. The van der Waals surface area contributed by atoms with E-state index in [1.165, 1.54) is 0 Å². The van der Waals surface area contributed by atoms with Crippen LogP contribution < -0.4 is 0 Å². The van der Waals surface area contributed by atoms with Crippen molar-refractivity contribution in [3.05, 3.63) is 0 Å². The van der Waals surface area contributed by atoms with Gasteiger partial charge < -0.3 is 5.11 Å². The molecular formula is C12H18F6O. The van der Waals surface area contributed by atoms with Crippen molar-refractivity contribution in [2.24, 2.45) is 17.8 Å². The van der Waals surface area contributed by atoms with E-state index >= 15 is 0 Å². The zero-order valence-electron chi connectivity index (χ0n) is 10.8. The maximum Gasteiger partial charge on any atom is 0.426 e. The topological polar surface area (TPSA) is 20.2 Å². The SMILES string of the molecule is CCC1CC(C)CC1CC(O)(C(F)(F)F)C(F)(F)F. The van der Waals surface area contributed by atoms with Crippen LogP contribution in [0, 0.1) is 17.8 Å². The second-order valence-corrected chi connectivity index (χ2v) is 5.56. The van der Waals surface area contributed by atoms with Crippen molar-refractivity contribution in [3.8, 4) is 0 Å². The van der Waals surface area contributed by atoms with Crippen LogP contribution in [-0.4, -0.2) is 23.1 Å². The molecule has 1 rings (SSSR count). The minimum atomic E-state index is -5.70. The minimum absolute atomic E-state index is 0.0978. The third kappa shape index (κ3) is 3.17. The highest BCUT2D eigenvalue weighted by Crippen LogP contribution is 2.51. The Hall–Kier alpha value is -0.460. The van der Waals surface area contributed by atoms with E-state index in [4.69, 9.17) is 0 Å². The maximum atomic E-state index is 12.6. The molecule has 0 heterocycles. The number of alkyl halides is 6. The van der Waals surface area contributed by atoms with Gasteiger partial charge in [-0.15, -0.1) is 0 Å². The van der Waals surface area contributed by atoms with Crippen molar-refractivity contribution in [2.75, 3.05) is 0 Å². The molecule has 7 heteroatoms. The first-order chi connectivity index (χ1) is 8.42. The lowest BCUT2D eigenvalue weighted by atomic mass is 9.82. The van der Waals surface area contributed by atoms with Crippen LogP contribution in [0.3, 0.4) is 0 Å². The molecule has 0 radical (unpaired) electrons. The fraction of sp³-hybridized carbons (Fsp3) is 1.00. The van der Waals surface area contributed by atoms with E-state index in [0.29, 0.717) is 19.3 Å². The number of hydrogen-bond acceptors (Lipinski definition) is 1. The molecule has 1 saturated carbocycles. The lowest BCUT2D eigenvalue weighted by Gasteiger charge is -2.35. The number of hydrogen-bond donors (Lipinski definition) is 1.